The van der Waals surface area contributed by atoms with Crippen molar-refractivity contribution in [3.63, 3.8) is 0 Å². The molecule has 0 radical (unpaired) electrons. The summed E-state index contributed by atoms with van der Waals surface area (Å²) < 4.78 is 73.2. The number of ketones is 1. The molecule has 0 aromatic heterocycles. The Kier molecular flexibility index (Phi) is 5.72. The molecule has 7 nitrogen and oxygen atoms in total. The second kappa shape index (κ2) is 8.01. The first-order valence-electron chi connectivity index (χ1n) is 10.3. The Morgan fingerprint density at radius 1 is 1.12 bits per heavy atom. The lowest BCUT2D eigenvalue weighted by Crippen LogP contribution is -2.84. The predicted octanol–water partition coefficient (Wildman–Crippen LogP) is 2.83. The van der Waals surface area contributed by atoms with Crippen molar-refractivity contribution in [2.45, 2.75) is 61.8 Å². The Morgan fingerprint density at radius 3 is 2.30 bits per heavy atom. The van der Waals surface area contributed by atoms with Crippen molar-refractivity contribution in [3.05, 3.63) is 35.4 Å². The maximum atomic E-state index is 13.4. The average Bonchev–Trinajstić information content (AvgIpc) is 2.65. The summed E-state index contributed by atoms with van der Waals surface area (Å²) in [6, 6.07) is 2.72. The van der Waals surface area contributed by atoms with Gasteiger partial charge >= 0.3 is 6.36 Å². The summed E-state index contributed by atoms with van der Waals surface area (Å²) in [6.07, 6.45) is -2.72. The number of carbonyl (C=O) groups is 3. The first kappa shape index (κ1) is 23.6. The van der Waals surface area contributed by atoms with Gasteiger partial charge in [0.1, 0.15) is 6.61 Å². The molecule has 0 spiro atoms. The first-order chi connectivity index (χ1) is 15.4. The number of amides is 2. The Labute approximate surface area is 185 Å². The molecule has 2 bridgehead atoms. The van der Waals surface area contributed by atoms with E-state index in [-0.39, 0.29) is 24.9 Å². The molecule has 1 N–H and O–H groups in total. The minimum absolute atomic E-state index is 0.0360. The summed E-state index contributed by atoms with van der Waals surface area (Å²) in [5, 5.41) is 2.73. The second-order valence-electron chi connectivity index (χ2n) is 8.97. The molecular formula is C21H21F5N2O5. The van der Waals surface area contributed by atoms with E-state index in [1.807, 2.05) is 0 Å². The third kappa shape index (κ3) is 4.58. The summed E-state index contributed by atoms with van der Waals surface area (Å²) in [5.74, 6) is -5.25. The highest BCUT2D eigenvalue weighted by atomic mass is 19.4. The molecule has 180 valence electrons. The number of hydrogen-bond donors (Lipinski definition) is 1. The summed E-state index contributed by atoms with van der Waals surface area (Å²) in [7, 11) is 0. The zero-order valence-corrected chi connectivity index (χ0v) is 17.3. The SMILES string of the molecule is O=CN(CC(=O)c1ccc(F)c(F)c1)C12CC(NC(=O)COC3(OC(F)(F)F)CCC3)(C1)C2. The first-order valence-corrected chi connectivity index (χ1v) is 10.3. The van der Waals surface area contributed by atoms with Crippen LogP contribution < -0.4 is 5.32 Å². The fourth-order valence-corrected chi connectivity index (χ4v) is 4.89. The number of benzene rings is 1. The van der Waals surface area contributed by atoms with Crippen LogP contribution in [0.3, 0.4) is 0 Å². The van der Waals surface area contributed by atoms with Crippen molar-refractivity contribution < 1.29 is 45.8 Å². The van der Waals surface area contributed by atoms with Crippen molar-refractivity contribution in [2.75, 3.05) is 13.2 Å². The topological polar surface area (TPSA) is 84.9 Å². The van der Waals surface area contributed by atoms with Crippen molar-refractivity contribution in [3.8, 4) is 0 Å². The Morgan fingerprint density at radius 2 is 1.79 bits per heavy atom. The van der Waals surface area contributed by atoms with Crippen molar-refractivity contribution in [1.29, 1.82) is 0 Å². The van der Waals surface area contributed by atoms with E-state index in [9.17, 15) is 36.3 Å². The normalized spacial score (nSPS) is 26.9. The molecular weight excluding hydrogens is 455 g/mol. The lowest BCUT2D eigenvalue weighted by molar-refractivity contribution is -0.432. The molecule has 4 aliphatic rings. The molecule has 0 unspecified atom stereocenters. The highest BCUT2D eigenvalue weighted by molar-refractivity contribution is 5.98. The van der Waals surface area contributed by atoms with E-state index >= 15 is 0 Å². The fraction of sp³-hybridized carbons (Fsp3) is 0.571. The minimum atomic E-state index is -4.87. The van der Waals surface area contributed by atoms with Gasteiger partial charge in [-0.25, -0.2) is 8.78 Å². The van der Waals surface area contributed by atoms with Gasteiger partial charge in [0.05, 0.1) is 6.54 Å². The number of halogens is 5. The summed E-state index contributed by atoms with van der Waals surface area (Å²) in [5.41, 5.74) is -1.33. The van der Waals surface area contributed by atoms with Gasteiger partial charge in [-0.15, -0.1) is 13.2 Å². The van der Waals surface area contributed by atoms with Crippen molar-refractivity contribution in [1.82, 2.24) is 10.2 Å². The number of rotatable bonds is 10. The van der Waals surface area contributed by atoms with Crippen LogP contribution in [0.15, 0.2) is 18.2 Å². The second-order valence-corrected chi connectivity index (χ2v) is 8.97. The predicted molar refractivity (Wildman–Crippen MR) is 101 cm³/mol. The van der Waals surface area contributed by atoms with Gasteiger partial charge in [0.2, 0.25) is 12.3 Å². The van der Waals surface area contributed by atoms with E-state index in [0.717, 1.165) is 18.2 Å². The number of hydrogen-bond acceptors (Lipinski definition) is 5. The van der Waals surface area contributed by atoms with Gasteiger partial charge in [0.25, 0.3) is 0 Å². The van der Waals surface area contributed by atoms with Gasteiger partial charge in [-0.3, -0.25) is 19.1 Å². The van der Waals surface area contributed by atoms with Crippen LogP contribution in [0.4, 0.5) is 22.0 Å². The van der Waals surface area contributed by atoms with Crippen LogP contribution in [0.5, 0.6) is 0 Å². The van der Waals surface area contributed by atoms with E-state index in [2.05, 4.69) is 10.1 Å². The van der Waals surface area contributed by atoms with Crippen molar-refractivity contribution >= 4 is 18.1 Å². The number of ether oxygens (including phenoxy) is 2. The van der Waals surface area contributed by atoms with Crippen LogP contribution in [-0.4, -0.2) is 59.4 Å². The molecule has 33 heavy (non-hydrogen) atoms. The number of nitrogens with one attached hydrogen (secondary N) is 1. The summed E-state index contributed by atoms with van der Waals surface area (Å²) in [6.45, 7) is -0.935. The quantitative estimate of drug-likeness (QED) is 0.243. The fourth-order valence-electron chi connectivity index (χ4n) is 4.89. The van der Waals surface area contributed by atoms with Gasteiger partial charge in [-0.05, 0) is 43.9 Å². The van der Waals surface area contributed by atoms with Crippen LogP contribution >= 0.6 is 0 Å². The molecule has 0 atom stereocenters. The number of Topliss-reactive ketones (excluding diaryl/α,β-unsaturated/α-hetero) is 1. The lowest BCUT2D eigenvalue weighted by atomic mass is 9.43. The minimum Gasteiger partial charge on any atom is -0.348 e. The molecule has 12 heteroatoms. The smallest absolute Gasteiger partial charge is 0.348 e. The van der Waals surface area contributed by atoms with Gasteiger partial charge in [-0.2, -0.15) is 0 Å². The number of alkyl halides is 3. The monoisotopic (exact) mass is 476 g/mol. The Balaban J connectivity index is 1.27. The Hall–Kier alpha value is -2.60. The molecule has 5 rings (SSSR count). The lowest BCUT2D eigenvalue weighted by Gasteiger charge is -2.72. The van der Waals surface area contributed by atoms with E-state index < -0.39 is 53.2 Å². The van der Waals surface area contributed by atoms with Gasteiger partial charge in [0.15, 0.2) is 23.2 Å². The molecule has 2 amide bonds. The van der Waals surface area contributed by atoms with E-state index in [4.69, 9.17) is 4.74 Å². The largest absolute Gasteiger partial charge is 0.524 e. The van der Waals surface area contributed by atoms with E-state index in [0.29, 0.717) is 32.1 Å². The maximum absolute atomic E-state index is 13.4. The van der Waals surface area contributed by atoms with Crippen LogP contribution in [0.2, 0.25) is 0 Å². The molecule has 0 heterocycles. The van der Waals surface area contributed by atoms with Crippen LogP contribution in [0.25, 0.3) is 0 Å². The van der Waals surface area contributed by atoms with Crippen molar-refractivity contribution in [2.24, 2.45) is 0 Å². The standard InChI is InChI=1S/C21H21F5N2O5/c22-14-3-2-13(6-15(14)23)16(30)7-28(12-29)19-9-18(10-19,11-19)27-17(31)8-32-20(4-1-5-20)33-21(24,25)26/h2-3,6,12H,1,4-5,7-11H2,(H,27,31). The zero-order valence-electron chi connectivity index (χ0n) is 17.3. The van der Waals surface area contributed by atoms with E-state index in [1.54, 1.807) is 0 Å². The average molecular weight is 476 g/mol. The van der Waals surface area contributed by atoms with Gasteiger partial charge in [-0.1, -0.05) is 0 Å². The summed E-state index contributed by atoms with van der Waals surface area (Å²) in [4.78, 5) is 37.5. The molecule has 4 aliphatic carbocycles. The number of carbonyl (C=O) groups excluding carboxylic acids is 3. The zero-order chi connectivity index (χ0) is 24.1. The highest BCUT2D eigenvalue weighted by Crippen LogP contribution is 2.63. The Bertz CT molecular complexity index is 959. The maximum Gasteiger partial charge on any atom is 0.524 e. The third-order valence-electron chi connectivity index (χ3n) is 6.58. The van der Waals surface area contributed by atoms with Gasteiger partial charge in [0, 0.05) is 29.5 Å². The molecule has 4 saturated carbocycles. The molecule has 1 aromatic carbocycles. The van der Waals surface area contributed by atoms with Crippen LogP contribution in [0.1, 0.15) is 48.9 Å². The van der Waals surface area contributed by atoms with E-state index in [1.165, 1.54) is 4.90 Å². The summed E-state index contributed by atoms with van der Waals surface area (Å²) >= 11 is 0. The molecule has 0 saturated heterocycles. The molecule has 4 fully saturated rings. The van der Waals surface area contributed by atoms with Crippen LogP contribution in [-0.2, 0) is 19.1 Å². The molecule has 0 aliphatic heterocycles. The number of nitrogens with zero attached hydrogens (tertiary/aromatic N) is 1. The third-order valence-corrected chi connectivity index (χ3v) is 6.58. The van der Waals surface area contributed by atoms with Gasteiger partial charge < -0.3 is 15.0 Å². The van der Waals surface area contributed by atoms with Crippen LogP contribution in [0, 0.1) is 11.6 Å². The highest BCUT2D eigenvalue weighted by Gasteiger charge is 2.71. The molecule has 1 aromatic rings.